The van der Waals surface area contributed by atoms with Gasteiger partial charge in [-0.2, -0.15) is 0 Å². The van der Waals surface area contributed by atoms with Crippen molar-refractivity contribution in [2.45, 2.75) is 18.8 Å². The minimum absolute atomic E-state index is 0. The van der Waals surface area contributed by atoms with E-state index >= 15 is 0 Å². The Bertz CT molecular complexity index is 1020. The zero-order chi connectivity index (χ0) is 17.7. The van der Waals surface area contributed by atoms with Gasteiger partial charge in [0.25, 0.3) is 0 Å². The molecule has 2 aliphatic rings. The Balaban J connectivity index is 0.00000180. The maximum absolute atomic E-state index is 13.3. The largest absolute Gasteiger partial charge is 0.356 e. The van der Waals surface area contributed by atoms with Crippen LogP contribution in [0.25, 0.3) is 22.6 Å². The standard InChI is InChI=1S/C21H18ClFN2O.ClH/c22-19-3-1-2-16-14(10-18(16)19)12-25-8-6-13(7-9-25)21-17-5-4-15(23)11-20(17)26-24-21;/h1-5,10-11,13H,6-9,12H2;1H. The van der Waals surface area contributed by atoms with Crippen molar-refractivity contribution in [2.75, 3.05) is 19.6 Å². The highest BCUT2D eigenvalue weighted by molar-refractivity contribution is 6.33. The van der Waals surface area contributed by atoms with Crippen molar-refractivity contribution in [3.05, 3.63) is 64.1 Å². The Labute approximate surface area is 168 Å². The topological polar surface area (TPSA) is 29.3 Å². The third kappa shape index (κ3) is 3.27. The summed E-state index contributed by atoms with van der Waals surface area (Å²) in [7, 11) is 0. The number of nitrogens with zero attached hydrogens (tertiary/aromatic N) is 2. The lowest BCUT2D eigenvalue weighted by Crippen LogP contribution is -2.35. The Kier molecular flexibility index (Phi) is 4.97. The van der Waals surface area contributed by atoms with Gasteiger partial charge in [0.2, 0.25) is 0 Å². The summed E-state index contributed by atoms with van der Waals surface area (Å²) in [4.78, 5) is 2.48. The summed E-state index contributed by atoms with van der Waals surface area (Å²) < 4.78 is 18.6. The van der Waals surface area contributed by atoms with Crippen LogP contribution in [-0.2, 0) is 0 Å². The summed E-state index contributed by atoms with van der Waals surface area (Å²) in [6.45, 7) is 3.01. The molecule has 27 heavy (non-hydrogen) atoms. The van der Waals surface area contributed by atoms with Gasteiger partial charge < -0.3 is 4.52 Å². The third-order valence-electron chi connectivity index (χ3n) is 5.55. The molecule has 140 valence electrons. The minimum Gasteiger partial charge on any atom is -0.356 e. The van der Waals surface area contributed by atoms with E-state index < -0.39 is 0 Å². The Morgan fingerprint density at radius 1 is 1.19 bits per heavy atom. The van der Waals surface area contributed by atoms with Crippen molar-refractivity contribution < 1.29 is 8.91 Å². The molecule has 5 rings (SSSR count). The Morgan fingerprint density at radius 2 is 2.00 bits per heavy atom. The molecule has 2 aromatic carbocycles. The van der Waals surface area contributed by atoms with Gasteiger partial charge in [-0.05, 0) is 61.3 Å². The number of fused-ring (bicyclic) bond motifs is 2. The molecule has 0 radical (unpaired) electrons. The molecule has 1 aromatic heterocycles. The molecule has 0 saturated carbocycles. The van der Waals surface area contributed by atoms with Gasteiger partial charge in [-0.1, -0.05) is 28.9 Å². The van der Waals surface area contributed by atoms with Crippen LogP contribution in [0.15, 0.2) is 40.9 Å². The van der Waals surface area contributed by atoms with Gasteiger partial charge in [-0.25, -0.2) is 4.39 Å². The zero-order valence-corrected chi connectivity index (χ0v) is 16.2. The third-order valence-corrected chi connectivity index (χ3v) is 5.88. The summed E-state index contributed by atoms with van der Waals surface area (Å²) in [6.07, 6.45) is 4.27. The van der Waals surface area contributed by atoms with Crippen LogP contribution in [-0.4, -0.2) is 29.7 Å². The first-order valence-electron chi connectivity index (χ1n) is 8.96. The van der Waals surface area contributed by atoms with Crippen LogP contribution in [0.5, 0.6) is 0 Å². The summed E-state index contributed by atoms with van der Waals surface area (Å²) in [6, 6.07) is 10.8. The molecule has 0 N–H and O–H groups in total. The zero-order valence-electron chi connectivity index (χ0n) is 14.6. The number of rotatable bonds is 3. The van der Waals surface area contributed by atoms with E-state index in [4.69, 9.17) is 16.1 Å². The maximum atomic E-state index is 13.3. The van der Waals surface area contributed by atoms with Crippen molar-refractivity contribution in [2.24, 2.45) is 0 Å². The van der Waals surface area contributed by atoms with Gasteiger partial charge in [-0.15, -0.1) is 12.4 Å². The number of hydrogen-bond donors (Lipinski definition) is 0. The Hall–Kier alpha value is -1.88. The van der Waals surface area contributed by atoms with Crippen LogP contribution in [0, 0.1) is 5.82 Å². The van der Waals surface area contributed by atoms with Crippen LogP contribution in [0.2, 0.25) is 5.02 Å². The fourth-order valence-corrected chi connectivity index (χ4v) is 4.33. The molecule has 1 saturated heterocycles. The second kappa shape index (κ2) is 7.27. The van der Waals surface area contributed by atoms with E-state index in [0.717, 1.165) is 48.6 Å². The minimum atomic E-state index is -0.288. The smallest absolute Gasteiger partial charge is 0.170 e. The fourth-order valence-electron chi connectivity index (χ4n) is 4.10. The fraction of sp³-hybridized carbons (Fsp3) is 0.286. The molecule has 6 heteroatoms. The molecule has 2 heterocycles. The molecule has 0 unspecified atom stereocenters. The maximum Gasteiger partial charge on any atom is 0.170 e. The number of hydrogen-bond acceptors (Lipinski definition) is 3. The lowest BCUT2D eigenvalue weighted by molar-refractivity contribution is 0.232. The van der Waals surface area contributed by atoms with Gasteiger partial charge in [0.1, 0.15) is 5.82 Å². The van der Waals surface area contributed by atoms with Crippen molar-refractivity contribution >= 4 is 46.6 Å². The van der Waals surface area contributed by atoms with E-state index in [2.05, 4.69) is 22.2 Å². The number of halogens is 3. The second-order valence-electron chi connectivity index (χ2n) is 7.13. The Morgan fingerprint density at radius 3 is 2.81 bits per heavy atom. The van der Waals surface area contributed by atoms with Crippen molar-refractivity contribution in [1.82, 2.24) is 10.1 Å². The van der Waals surface area contributed by atoms with Crippen LogP contribution < -0.4 is 0 Å². The van der Waals surface area contributed by atoms with Gasteiger partial charge in [0.15, 0.2) is 5.58 Å². The second-order valence-corrected chi connectivity index (χ2v) is 7.54. The number of benzene rings is 2. The highest BCUT2D eigenvalue weighted by atomic mass is 35.5. The summed E-state index contributed by atoms with van der Waals surface area (Å²) in [5.41, 5.74) is 5.32. The van der Waals surface area contributed by atoms with E-state index in [1.165, 1.54) is 28.8 Å². The first-order chi connectivity index (χ1) is 12.7. The molecule has 1 aliphatic carbocycles. The molecule has 1 fully saturated rings. The highest BCUT2D eigenvalue weighted by Crippen LogP contribution is 2.39. The van der Waals surface area contributed by atoms with Gasteiger partial charge in [0.05, 0.1) is 5.69 Å². The SMILES string of the molecule is Cl.Fc1ccc2c(C3CCN(CC4=Cc5c(Cl)cccc54)CC3)noc2c1. The van der Waals surface area contributed by atoms with Crippen molar-refractivity contribution in [1.29, 1.82) is 0 Å². The average Bonchev–Trinajstić information content (AvgIpc) is 3.04. The predicted octanol–water partition coefficient (Wildman–Crippen LogP) is 5.78. The first kappa shape index (κ1) is 18.5. The van der Waals surface area contributed by atoms with E-state index in [1.807, 2.05) is 12.1 Å². The van der Waals surface area contributed by atoms with Gasteiger partial charge >= 0.3 is 0 Å². The molecule has 3 aromatic rings. The molecule has 0 atom stereocenters. The monoisotopic (exact) mass is 404 g/mol. The van der Waals surface area contributed by atoms with Gasteiger partial charge in [-0.3, -0.25) is 4.90 Å². The molecule has 1 aliphatic heterocycles. The van der Waals surface area contributed by atoms with Crippen molar-refractivity contribution in [3.63, 3.8) is 0 Å². The number of likely N-dealkylation sites (tertiary alicyclic amines) is 1. The summed E-state index contributed by atoms with van der Waals surface area (Å²) in [5.74, 6) is 0.0826. The molecule has 3 nitrogen and oxygen atoms in total. The average molecular weight is 405 g/mol. The summed E-state index contributed by atoms with van der Waals surface area (Å²) >= 11 is 6.21. The van der Waals surface area contributed by atoms with Crippen molar-refractivity contribution in [3.8, 4) is 0 Å². The first-order valence-corrected chi connectivity index (χ1v) is 9.33. The van der Waals surface area contributed by atoms with Crippen LogP contribution in [0.4, 0.5) is 4.39 Å². The van der Waals surface area contributed by atoms with Crippen LogP contribution in [0.3, 0.4) is 0 Å². The number of aromatic nitrogens is 1. The van der Waals surface area contributed by atoms with E-state index in [1.54, 1.807) is 6.07 Å². The number of piperidine rings is 1. The molecule has 0 spiro atoms. The molecular formula is C21H19Cl2FN2O. The van der Waals surface area contributed by atoms with E-state index in [9.17, 15) is 4.39 Å². The quantitative estimate of drug-likeness (QED) is 0.554. The predicted molar refractivity (Wildman–Crippen MR) is 109 cm³/mol. The molecule has 0 amide bonds. The normalized spacial score (nSPS) is 17.2. The lowest BCUT2D eigenvalue weighted by atomic mass is 9.87. The van der Waals surface area contributed by atoms with E-state index in [-0.39, 0.29) is 18.2 Å². The highest BCUT2D eigenvalue weighted by Gasteiger charge is 2.27. The van der Waals surface area contributed by atoms with Crippen LogP contribution in [0.1, 0.15) is 35.6 Å². The lowest BCUT2D eigenvalue weighted by Gasteiger charge is -2.33. The van der Waals surface area contributed by atoms with Gasteiger partial charge in [0, 0.05) is 34.5 Å². The summed E-state index contributed by atoms with van der Waals surface area (Å²) in [5, 5.41) is 6.00. The molecular weight excluding hydrogens is 386 g/mol. The van der Waals surface area contributed by atoms with Crippen LogP contribution >= 0.6 is 24.0 Å². The van der Waals surface area contributed by atoms with E-state index in [0.29, 0.717) is 11.5 Å². The molecule has 0 bridgehead atoms.